The third-order valence-electron chi connectivity index (χ3n) is 3.39. The van der Waals surface area contributed by atoms with Crippen molar-refractivity contribution in [1.29, 1.82) is 0 Å². The van der Waals surface area contributed by atoms with E-state index < -0.39 is 53.7 Å². The van der Waals surface area contributed by atoms with Crippen LogP contribution in [0.2, 0.25) is 0 Å². The fourth-order valence-electron chi connectivity index (χ4n) is 2.20. The Labute approximate surface area is 170 Å². The van der Waals surface area contributed by atoms with Crippen molar-refractivity contribution in [3.63, 3.8) is 0 Å². The molecule has 0 bridgehead atoms. The minimum absolute atomic E-state index is 0.0876. The van der Waals surface area contributed by atoms with Gasteiger partial charge in [-0.2, -0.15) is 8.62 Å². The molecule has 0 aromatic carbocycles. The average Bonchev–Trinajstić information content (AvgIpc) is 3.03. The predicted molar refractivity (Wildman–Crippen MR) is 96.8 cm³/mol. The number of ether oxygens (including phenoxy) is 1. The summed E-state index contributed by atoms with van der Waals surface area (Å²) >= 11 is 2.97. The lowest BCUT2D eigenvalue weighted by Crippen LogP contribution is -2.32. The van der Waals surface area contributed by atoms with Gasteiger partial charge < -0.3 is 19.4 Å². The van der Waals surface area contributed by atoms with Crippen LogP contribution < -0.4 is 11.2 Å². The molecule has 2 heterocycles. The molecule has 0 spiro atoms. The molecule has 4 N–H and O–H groups in total. The standard InChI is InChI=1S/C10H16BrN2O13P3/c1-22-27(16,17)25-29(20,21)26-28(18,19)23-5-6-2-3-8(24-6)13-4-7(11)9(14)12-10(13)15/h4,6,8H,2-3,5H2,1H3,(H,16,17)(H,18,19)(H,20,21)(H,12,14,15). The number of nitrogens with zero attached hydrogens (tertiary/aromatic N) is 1. The largest absolute Gasteiger partial charge is 0.490 e. The number of aromatic amines is 1. The maximum absolute atomic E-state index is 11.8. The highest BCUT2D eigenvalue weighted by molar-refractivity contribution is 9.10. The highest BCUT2D eigenvalue weighted by Gasteiger charge is 2.42. The van der Waals surface area contributed by atoms with Crippen LogP contribution in [0.25, 0.3) is 0 Å². The van der Waals surface area contributed by atoms with Gasteiger partial charge >= 0.3 is 29.2 Å². The molecule has 5 atom stereocenters. The number of H-pyrrole nitrogens is 1. The Kier molecular flexibility index (Phi) is 7.99. The molecule has 1 aliphatic rings. The van der Waals surface area contributed by atoms with E-state index >= 15 is 0 Å². The van der Waals surface area contributed by atoms with Gasteiger partial charge in [-0.1, -0.05) is 0 Å². The Morgan fingerprint density at radius 3 is 2.41 bits per heavy atom. The summed E-state index contributed by atoms with van der Waals surface area (Å²) in [5, 5.41) is 0. The van der Waals surface area contributed by atoms with Gasteiger partial charge in [0.25, 0.3) is 5.56 Å². The molecule has 29 heavy (non-hydrogen) atoms. The van der Waals surface area contributed by atoms with E-state index in [1.807, 2.05) is 0 Å². The van der Waals surface area contributed by atoms with Gasteiger partial charge in [0.1, 0.15) is 6.23 Å². The van der Waals surface area contributed by atoms with Crippen LogP contribution in [0.4, 0.5) is 0 Å². The lowest BCUT2D eigenvalue weighted by Gasteiger charge is -2.19. The van der Waals surface area contributed by atoms with Gasteiger partial charge in [0.15, 0.2) is 0 Å². The molecule has 5 unspecified atom stereocenters. The van der Waals surface area contributed by atoms with E-state index in [2.05, 4.69) is 38.6 Å². The molecule has 1 fully saturated rings. The van der Waals surface area contributed by atoms with Gasteiger partial charge in [0, 0.05) is 13.3 Å². The second-order valence-corrected chi connectivity index (χ2v) is 11.1. The van der Waals surface area contributed by atoms with E-state index in [9.17, 15) is 33.1 Å². The fraction of sp³-hybridized carbons (Fsp3) is 0.600. The zero-order valence-corrected chi connectivity index (χ0v) is 18.7. The van der Waals surface area contributed by atoms with E-state index in [4.69, 9.17) is 9.63 Å². The molecule has 1 aliphatic heterocycles. The number of hydrogen-bond acceptors (Lipinski definition) is 10. The first-order chi connectivity index (χ1) is 13.2. The normalized spacial score (nSPS) is 25.8. The van der Waals surface area contributed by atoms with Crippen molar-refractivity contribution in [2.24, 2.45) is 0 Å². The zero-order valence-electron chi connectivity index (χ0n) is 14.4. The van der Waals surface area contributed by atoms with Crippen LogP contribution >= 0.6 is 39.4 Å². The van der Waals surface area contributed by atoms with Crippen LogP contribution in [0.3, 0.4) is 0 Å². The molecule has 0 saturated carbocycles. The van der Waals surface area contributed by atoms with Crippen molar-refractivity contribution in [2.75, 3.05) is 13.7 Å². The molecule has 166 valence electrons. The van der Waals surface area contributed by atoms with Gasteiger partial charge in [0.05, 0.1) is 17.2 Å². The molecule has 1 saturated heterocycles. The maximum atomic E-state index is 11.8. The Morgan fingerprint density at radius 2 is 1.79 bits per heavy atom. The number of halogens is 1. The highest BCUT2D eigenvalue weighted by Crippen LogP contribution is 2.67. The van der Waals surface area contributed by atoms with Crippen molar-refractivity contribution >= 4 is 39.4 Å². The Morgan fingerprint density at radius 1 is 1.17 bits per heavy atom. The quantitative estimate of drug-likeness (QED) is 0.319. The molecule has 1 aromatic rings. The SMILES string of the molecule is COP(=O)(O)OP(=O)(O)OP(=O)(O)OCC1CCC(n2cc(Br)c(=O)[nH]c2=O)O1. The highest BCUT2D eigenvalue weighted by atomic mass is 79.9. The molecule has 15 nitrogen and oxygen atoms in total. The smallest absolute Gasteiger partial charge is 0.352 e. The van der Waals surface area contributed by atoms with Crippen LogP contribution in [0.15, 0.2) is 20.3 Å². The molecular weight excluding hydrogens is 529 g/mol. The van der Waals surface area contributed by atoms with E-state index in [1.165, 1.54) is 6.20 Å². The van der Waals surface area contributed by atoms with Crippen molar-refractivity contribution in [3.05, 3.63) is 31.5 Å². The minimum Gasteiger partial charge on any atom is -0.352 e. The Bertz CT molecular complexity index is 1010. The van der Waals surface area contributed by atoms with Crippen LogP contribution in [0, 0.1) is 0 Å². The fourth-order valence-corrected chi connectivity index (χ4v) is 5.80. The number of hydrogen-bond donors (Lipinski definition) is 4. The van der Waals surface area contributed by atoms with Crippen LogP contribution in [-0.4, -0.2) is 44.1 Å². The third-order valence-corrected chi connectivity index (χ3v) is 8.19. The van der Waals surface area contributed by atoms with Gasteiger partial charge in [-0.15, -0.1) is 0 Å². The summed E-state index contributed by atoms with van der Waals surface area (Å²) in [6.45, 7) is -0.593. The molecule has 1 aromatic heterocycles. The summed E-state index contributed by atoms with van der Waals surface area (Å²) in [4.78, 5) is 53.0. The Balaban J connectivity index is 1.95. The molecule has 0 amide bonds. The zero-order chi connectivity index (χ0) is 22.0. The molecular formula is C10H16BrN2O13P3. The second kappa shape index (κ2) is 9.35. The van der Waals surface area contributed by atoms with E-state index in [1.54, 1.807) is 0 Å². The van der Waals surface area contributed by atoms with Gasteiger partial charge in [-0.3, -0.25) is 23.4 Å². The molecule has 2 rings (SSSR count). The molecule has 0 aliphatic carbocycles. The molecule has 19 heteroatoms. The average molecular weight is 545 g/mol. The summed E-state index contributed by atoms with van der Waals surface area (Å²) in [5.41, 5.74) is -1.36. The summed E-state index contributed by atoms with van der Waals surface area (Å²) in [5.74, 6) is 0. The number of phosphoric acid groups is 3. The first-order valence-corrected chi connectivity index (χ1v) is 12.8. The van der Waals surface area contributed by atoms with Crippen molar-refractivity contribution < 1.29 is 50.8 Å². The Hall–Kier alpha value is -0.470. The molecule has 0 radical (unpaired) electrons. The number of rotatable bonds is 9. The summed E-state index contributed by atoms with van der Waals surface area (Å²) in [6, 6.07) is 0. The van der Waals surface area contributed by atoms with E-state index in [0.29, 0.717) is 7.11 Å². The topological polar surface area (TPSA) is 213 Å². The van der Waals surface area contributed by atoms with Gasteiger partial charge in [0.2, 0.25) is 0 Å². The third kappa shape index (κ3) is 7.31. The summed E-state index contributed by atoms with van der Waals surface area (Å²) in [7, 11) is -15.0. The monoisotopic (exact) mass is 544 g/mol. The lowest BCUT2D eigenvalue weighted by atomic mass is 10.2. The number of phosphoric ester groups is 2. The number of nitrogens with one attached hydrogen (secondary N) is 1. The maximum Gasteiger partial charge on any atom is 0.490 e. The second-order valence-electron chi connectivity index (χ2n) is 5.48. The van der Waals surface area contributed by atoms with Crippen LogP contribution in [0.1, 0.15) is 19.1 Å². The predicted octanol–water partition coefficient (Wildman–Crippen LogP) is 0.974. The van der Waals surface area contributed by atoms with Crippen LogP contribution in [0.5, 0.6) is 0 Å². The first-order valence-electron chi connectivity index (χ1n) is 7.51. The van der Waals surface area contributed by atoms with E-state index in [-0.39, 0.29) is 17.3 Å². The van der Waals surface area contributed by atoms with Crippen molar-refractivity contribution in [3.8, 4) is 0 Å². The summed E-state index contributed by atoms with van der Waals surface area (Å²) < 4.78 is 57.2. The summed E-state index contributed by atoms with van der Waals surface area (Å²) in [6.07, 6.45) is 0.140. The lowest BCUT2D eigenvalue weighted by molar-refractivity contribution is -0.0244. The first kappa shape index (κ1) is 24.8. The van der Waals surface area contributed by atoms with Crippen molar-refractivity contribution in [1.82, 2.24) is 9.55 Å². The van der Waals surface area contributed by atoms with Crippen molar-refractivity contribution in [2.45, 2.75) is 25.2 Å². The van der Waals surface area contributed by atoms with E-state index in [0.717, 1.165) is 4.57 Å². The van der Waals surface area contributed by atoms with Gasteiger partial charge in [-0.05, 0) is 28.8 Å². The van der Waals surface area contributed by atoms with Gasteiger partial charge in [-0.25, -0.2) is 18.5 Å². The minimum atomic E-state index is -5.49. The van der Waals surface area contributed by atoms with Crippen LogP contribution in [-0.2, 0) is 36.1 Å². The number of aromatic nitrogens is 2.